The van der Waals surface area contributed by atoms with E-state index < -0.39 is 8.07 Å². The average molecular weight is 399 g/mol. The fraction of sp³-hybridized carbons (Fsp3) is 0. The van der Waals surface area contributed by atoms with Gasteiger partial charge in [0.2, 0.25) is 0 Å². The molecule has 0 amide bonds. The molecule has 0 aliphatic carbocycles. The molecule has 0 unspecified atom stereocenters. The zero-order chi connectivity index (χ0) is 17.8. The summed E-state index contributed by atoms with van der Waals surface area (Å²) in [4.78, 5) is 13.2. The molecule has 0 saturated heterocycles. The normalized spacial score (nSPS) is 15.4. The molecule has 0 bridgehead atoms. The van der Waals surface area contributed by atoms with Gasteiger partial charge in [-0.1, -0.05) is 78.1 Å². The molecule has 3 aromatic carbocycles. The number of benzene rings is 3. The SMILES string of the molecule is c1ccc2c(c1)Sc1ccccc1[Si]21c2ccccc2Sc2ncncc21. The molecule has 0 radical (unpaired) electrons. The van der Waals surface area contributed by atoms with Crippen LogP contribution in [0.15, 0.2) is 105 Å². The summed E-state index contributed by atoms with van der Waals surface area (Å²) >= 11 is 3.66. The molecule has 128 valence electrons. The van der Waals surface area contributed by atoms with Crippen LogP contribution in [0.2, 0.25) is 0 Å². The van der Waals surface area contributed by atoms with Gasteiger partial charge < -0.3 is 0 Å². The third kappa shape index (κ3) is 2.05. The van der Waals surface area contributed by atoms with E-state index in [1.165, 1.54) is 35.4 Å². The molecule has 2 aliphatic rings. The molecule has 0 N–H and O–H groups in total. The summed E-state index contributed by atoms with van der Waals surface area (Å²) in [6.45, 7) is 0. The molecule has 3 heterocycles. The van der Waals surface area contributed by atoms with Gasteiger partial charge in [0.15, 0.2) is 8.07 Å². The van der Waals surface area contributed by atoms with Gasteiger partial charge in [-0.2, -0.15) is 0 Å². The number of rotatable bonds is 0. The Balaban J connectivity index is 1.85. The van der Waals surface area contributed by atoms with Gasteiger partial charge in [0.1, 0.15) is 11.4 Å². The Labute approximate surface area is 167 Å². The highest BCUT2D eigenvalue weighted by molar-refractivity contribution is 8.01. The average Bonchev–Trinajstić information content (AvgIpc) is 2.73. The molecule has 27 heavy (non-hydrogen) atoms. The van der Waals surface area contributed by atoms with Crippen molar-refractivity contribution in [1.82, 2.24) is 9.97 Å². The molecule has 2 aliphatic heterocycles. The van der Waals surface area contributed by atoms with Crippen LogP contribution in [0.5, 0.6) is 0 Å². The van der Waals surface area contributed by atoms with Gasteiger partial charge in [-0.15, -0.1) is 0 Å². The first kappa shape index (κ1) is 15.7. The minimum Gasteiger partial charge on any atom is -0.245 e. The molecule has 0 fully saturated rings. The van der Waals surface area contributed by atoms with Gasteiger partial charge in [0, 0.05) is 26.1 Å². The fourth-order valence-corrected chi connectivity index (χ4v) is 13.3. The van der Waals surface area contributed by atoms with E-state index in [-0.39, 0.29) is 0 Å². The number of fused-ring (bicyclic) bond motifs is 8. The van der Waals surface area contributed by atoms with Crippen molar-refractivity contribution >= 4 is 52.3 Å². The van der Waals surface area contributed by atoms with Crippen LogP contribution in [0.4, 0.5) is 0 Å². The van der Waals surface area contributed by atoms with Crippen molar-refractivity contribution in [2.75, 3.05) is 0 Å². The lowest BCUT2D eigenvalue weighted by Gasteiger charge is -2.42. The Bertz CT molecular complexity index is 1020. The second-order valence-corrected chi connectivity index (χ2v) is 12.5. The minimum absolute atomic E-state index is 1.10. The maximum atomic E-state index is 4.69. The first-order chi connectivity index (χ1) is 13.4. The van der Waals surface area contributed by atoms with E-state index in [4.69, 9.17) is 4.98 Å². The third-order valence-corrected chi connectivity index (χ3v) is 13.3. The quantitative estimate of drug-likeness (QED) is 0.290. The number of hydrogen-bond donors (Lipinski definition) is 0. The van der Waals surface area contributed by atoms with Crippen LogP contribution < -0.4 is 20.7 Å². The van der Waals surface area contributed by atoms with E-state index >= 15 is 0 Å². The van der Waals surface area contributed by atoms with Crippen LogP contribution in [0, 0.1) is 0 Å². The summed E-state index contributed by atoms with van der Waals surface area (Å²) in [5.41, 5.74) is 0. The van der Waals surface area contributed by atoms with Crippen molar-refractivity contribution in [2.24, 2.45) is 0 Å². The summed E-state index contributed by atoms with van der Waals surface area (Å²) < 4.78 is 0. The Hall–Kier alpha value is -2.34. The first-order valence-electron chi connectivity index (χ1n) is 8.84. The zero-order valence-corrected chi connectivity index (χ0v) is 16.9. The van der Waals surface area contributed by atoms with Gasteiger partial charge in [-0.3, -0.25) is 0 Å². The van der Waals surface area contributed by atoms with Gasteiger partial charge in [0.25, 0.3) is 0 Å². The highest BCUT2D eigenvalue weighted by Crippen LogP contribution is 2.37. The van der Waals surface area contributed by atoms with Crippen molar-refractivity contribution in [3.05, 3.63) is 85.3 Å². The Morgan fingerprint density at radius 1 is 0.593 bits per heavy atom. The van der Waals surface area contributed by atoms with Crippen LogP contribution in [0.25, 0.3) is 0 Å². The molecule has 0 saturated carbocycles. The van der Waals surface area contributed by atoms with E-state index in [1.54, 1.807) is 18.1 Å². The summed E-state index contributed by atoms with van der Waals surface area (Å²) in [5, 5.41) is 6.79. The van der Waals surface area contributed by atoms with E-state index in [0.29, 0.717) is 0 Å². The molecule has 1 aromatic heterocycles. The van der Waals surface area contributed by atoms with Gasteiger partial charge in [0.05, 0.1) is 0 Å². The molecular formula is C22H14N2S2Si. The topological polar surface area (TPSA) is 25.8 Å². The van der Waals surface area contributed by atoms with Crippen LogP contribution >= 0.6 is 23.5 Å². The largest absolute Gasteiger partial charge is 0.245 e. The highest BCUT2D eigenvalue weighted by Gasteiger charge is 2.51. The van der Waals surface area contributed by atoms with Crippen LogP contribution in [0.3, 0.4) is 0 Å². The predicted molar refractivity (Wildman–Crippen MR) is 114 cm³/mol. The monoisotopic (exact) mass is 398 g/mol. The smallest absolute Gasteiger partial charge is 0.188 e. The second-order valence-electron chi connectivity index (χ2n) is 6.68. The zero-order valence-electron chi connectivity index (χ0n) is 14.3. The van der Waals surface area contributed by atoms with Gasteiger partial charge in [-0.05, 0) is 33.8 Å². The summed E-state index contributed by atoms with van der Waals surface area (Å²) in [5.74, 6) is 0. The molecule has 0 atom stereocenters. The summed E-state index contributed by atoms with van der Waals surface area (Å²) in [6, 6.07) is 26.7. The summed E-state index contributed by atoms with van der Waals surface area (Å²) in [7, 11) is -2.42. The van der Waals surface area contributed by atoms with Crippen molar-refractivity contribution in [3.63, 3.8) is 0 Å². The van der Waals surface area contributed by atoms with Crippen LogP contribution in [0.1, 0.15) is 0 Å². The second kappa shape index (κ2) is 5.83. The molecule has 1 spiro atoms. The molecule has 6 rings (SSSR count). The van der Waals surface area contributed by atoms with Gasteiger partial charge in [-0.25, -0.2) is 9.97 Å². The van der Waals surface area contributed by atoms with Crippen molar-refractivity contribution in [3.8, 4) is 0 Å². The molecule has 2 nitrogen and oxygen atoms in total. The van der Waals surface area contributed by atoms with E-state index in [2.05, 4.69) is 84.0 Å². The van der Waals surface area contributed by atoms with E-state index in [9.17, 15) is 0 Å². The lowest BCUT2D eigenvalue weighted by molar-refractivity contribution is 1.06. The molecular weight excluding hydrogens is 384 g/mol. The lowest BCUT2D eigenvalue weighted by Crippen LogP contribution is -2.78. The first-order valence-corrected chi connectivity index (χ1v) is 12.5. The fourth-order valence-electron chi connectivity index (χ4n) is 4.35. The Kier molecular flexibility index (Phi) is 3.39. The van der Waals surface area contributed by atoms with E-state index in [1.807, 2.05) is 11.8 Å². The third-order valence-electron chi connectivity index (χ3n) is 5.38. The van der Waals surface area contributed by atoms with Crippen LogP contribution in [-0.2, 0) is 0 Å². The highest BCUT2D eigenvalue weighted by atomic mass is 32.2. The number of hydrogen-bond acceptors (Lipinski definition) is 4. The molecule has 5 heteroatoms. The van der Waals surface area contributed by atoms with E-state index in [0.717, 1.165) is 5.03 Å². The van der Waals surface area contributed by atoms with Crippen molar-refractivity contribution in [1.29, 1.82) is 0 Å². The standard InChI is InChI=1S/C22H14N2S2Si/c1-4-10-18-15(7-1)25-16-8-2-5-11-19(16)27(18)20-12-6-3-9-17(20)26-22-21(27)13-23-14-24-22/h1-14H. The van der Waals surface area contributed by atoms with Gasteiger partial charge >= 0.3 is 0 Å². The predicted octanol–water partition coefficient (Wildman–Crippen LogP) is 2.78. The Morgan fingerprint density at radius 3 is 1.70 bits per heavy atom. The van der Waals surface area contributed by atoms with Crippen molar-refractivity contribution < 1.29 is 0 Å². The van der Waals surface area contributed by atoms with Crippen molar-refractivity contribution in [2.45, 2.75) is 19.7 Å². The number of aromatic nitrogens is 2. The minimum atomic E-state index is -2.42. The van der Waals surface area contributed by atoms with Crippen LogP contribution in [-0.4, -0.2) is 18.0 Å². The maximum absolute atomic E-state index is 4.69. The lowest BCUT2D eigenvalue weighted by atomic mass is 10.3. The number of nitrogens with zero attached hydrogens (tertiary/aromatic N) is 2. The molecule has 4 aromatic rings. The Morgan fingerprint density at radius 2 is 1.11 bits per heavy atom. The maximum Gasteiger partial charge on any atom is 0.188 e. The summed E-state index contributed by atoms with van der Waals surface area (Å²) in [6.07, 6.45) is 3.75.